The van der Waals surface area contributed by atoms with Gasteiger partial charge in [-0.3, -0.25) is 9.88 Å². The molecular weight excluding hydrogens is 242 g/mol. The molecule has 1 fully saturated rings. The molecule has 0 aliphatic carbocycles. The molecule has 2 heterocycles. The lowest BCUT2D eigenvalue weighted by Gasteiger charge is -2.12. The number of benzene rings is 1. The smallest absolute Gasteiger partial charge is 0.410 e. The first kappa shape index (κ1) is 11.9. The third-order valence-corrected chi connectivity index (χ3v) is 3.22. The molecular formula is C14H15N3O2. The average molecular weight is 257 g/mol. The first-order valence-electron chi connectivity index (χ1n) is 6.26. The number of aromatic nitrogens is 1. The van der Waals surface area contributed by atoms with E-state index in [1.165, 1.54) is 0 Å². The molecule has 5 nitrogen and oxygen atoms in total. The summed E-state index contributed by atoms with van der Waals surface area (Å²) < 4.78 is 5.12. The van der Waals surface area contributed by atoms with Crippen molar-refractivity contribution in [1.82, 2.24) is 9.88 Å². The second-order valence-electron chi connectivity index (χ2n) is 4.62. The molecule has 0 saturated carbocycles. The SMILES string of the molecule is NCC1CN(Cc2ccc3ccccc3n2)C(=O)O1. The summed E-state index contributed by atoms with van der Waals surface area (Å²) in [6.07, 6.45) is -0.515. The highest BCUT2D eigenvalue weighted by molar-refractivity contribution is 5.78. The van der Waals surface area contributed by atoms with Crippen LogP contribution in [0.1, 0.15) is 5.69 Å². The number of carbonyl (C=O) groups excluding carboxylic acids is 1. The van der Waals surface area contributed by atoms with Gasteiger partial charge in [0.2, 0.25) is 0 Å². The van der Waals surface area contributed by atoms with E-state index in [9.17, 15) is 4.79 Å². The summed E-state index contributed by atoms with van der Waals surface area (Å²) in [7, 11) is 0. The number of amides is 1. The van der Waals surface area contributed by atoms with E-state index in [2.05, 4.69) is 4.98 Å². The van der Waals surface area contributed by atoms with Crippen LogP contribution >= 0.6 is 0 Å². The second-order valence-corrected chi connectivity index (χ2v) is 4.62. The summed E-state index contributed by atoms with van der Waals surface area (Å²) >= 11 is 0. The van der Waals surface area contributed by atoms with Crippen LogP contribution in [0.5, 0.6) is 0 Å². The van der Waals surface area contributed by atoms with Gasteiger partial charge in [0.1, 0.15) is 6.10 Å². The number of pyridine rings is 1. The van der Waals surface area contributed by atoms with Gasteiger partial charge in [0, 0.05) is 11.9 Å². The Morgan fingerprint density at radius 1 is 1.32 bits per heavy atom. The van der Waals surface area contributed by atoms with Gasteiger partial charge in [0.15, 0.2) is 0 Å². The third-order valence-electron chi connectivity index (χ3n) is 3.22. The van der Waals surface area contributed by atoms with Gasteiger partial charge in [-0.15, -0.1) is 0 Å². The minimum Gasteiger partial charge on any atom is -0.443 e. The number of nitrogens with zero attached hydrogens (tertiary/aromatic N) is 2. The van der Waals surface area contributed by atoms with Crippen molar-refractivity contribution >= 4 is 17.0 Å². The van der Waals surface area contributed by atoms with Gasteiger partial charge >= 0.3 is 6.09 Å². The van der Waals surface area contributed by atoms with E-state index in [1.807, 2.05) is 36.4 Å². The van der Waals surface area contributed by atoms with Gasteiger partial charge in [0.05, 0.1) is 24.3 Å². The molecule has 0 radical (unpaired) electrons. The van der Waals surface area contributed by atoms with Crippen LogP contribution in [0.2, 0.25) is 0 Å². The molecule has 0 bridgehead atoms. The highest BCUT2D eigenvalue weighted by Gasteiger charge is 2.30. The lowest BCUT2D eigenvalue weighted by molar-refractivity contribution is 0.134. The molecule has 1 aliphatic rings. The molecule has 1 unspecified atom stereocenters. The minimum absolute atomic E-state index is 0.201. The van der Waals surface area contributed by atoms with Crippen LogP contribution in [0.25, 0.3) is 10.9 Å². The number of carbonyl (C=O) groups is 1. The number of fused-ring (bicyclic) bond motifs is 1. The Kier molecular flexibility index (Phi) is 3.05. The third kappa shape index (κ3) is 2.37. The zero-order valence-corrected chi connectivity index (χ0v) is 10.5. The predicted molar refractivity (Wildman–Crippen MR) is 71.5 cm³/mol. The average Bonchev–Trinajstić information content (AvgIpc) is 2.79. The number of cyclic esters (lactones) is 1. The van der Waals surface area contributed by atoms with Crippen molar-refractivity contribution in [3.8, 4) is 0 Å². The van der Waals surface area contributed by atoms with E-state index >= 15 is 0 Å². The van der Waals surface area contributed by atoms with Gasteiger partial charge in [-0.05, 0) is 12.1 Å². The van der Waals surface area contributed by atoms with Crippen molar-refractivity contribution in [3.63, 3.8) is 0 Å². The molecule has 3 rings (SSSR count). The Hall–Kier alpha value is -2.14. The summed E-state index contributed by atoms with van der Waals surface area (Å²) in [5.41, 5.74) is 7.29. The Morgan fingerprint density at radius 2 is 2.16 bits per heavy atom. The fourth-order valence-corrected chi connectivity index (χ4v) is 2.22. The maximum absolute atomic E-state index is 11.6. The van der Waals surface area contributed by atoms with Crippen molar-refractivity contribution in [2.75, 3.05) is 13.1 Å². The van der Waals surface area contributed by atoms with Crippen LogP contribution in [0.15, 0.2) is 36.4 Å². The number of ether oxygens (including phenoxy) is 1. The monoisotopic (exact) mass is 257 g/mol. The van der Waals surface area contributed by atoms with Gasteiger partial charge in [-0.25, -0.2) is 4.79 Å². The minimum atomic E-state index is -0.314. The highest BCUT2D eigenvalue weighted by atomic mass is 16.6. The van der Waals surface area contributed by atoms with E-state index in [4.69, 9.17) is 10.5 Å². The topological polar surface area (TPSA) is 68.5 Å². The van der Waals surface area contributed by atoms with Gasteiger partial charge in [-0.1, -0.05) is 24.3 Å². The van der Waals surface area contributed by atoms with Crippen molar-refractivity contribution in [1.29, 1.82) is 0 Å². The zero-order chi connectivity index (χ0) is 13.2. The Labute approximate surface area is 111 Å². The quantitative estimate of drug-likeness (QED) is 0.905. The molecule has 1 amide bonds. The van der Waals surface area contributed by atoms with Crippen molar-refractivity contribution in [2.45, 2.75) is 12.6 Å². The van der Waals surface area contributed by atoms with Crippen LogP contribution in [-0.4, -0.2) is 35.2 Å². The lowest BCUT2D eigenvalue weighted by Crippen LogP contribution is -2.27. The summed E-state index contributed by atoms with van der Waals surface area (Å²) in [5.74, 6) is 0. The van der Waals surface area contributed by atoms with Gasteiger partial charge in [-0.2, -0.15) is 0 Å². The van der Waals surface area contributed by atoms with E-state index in [0.29, 0.717) is 19.6 Å². The van der Waals surface area contributed by atoms with Crippen LogP contribution in [0, 0.1) is 0 Å². The first-order chi connectivity index (χ1) is 9.26. The zero-order valence-electron chi connectivity index (χ0n) is 10.5. The molecule has 1 aliphatic heterocycles. The molecule has 5 heteroatoms. The maximum Gasteiger partial charge on any atom is 0.410 e. The molecule has 1 atom stereocenters. The lowest BCUT2D eigenvalue weighted by atomic mass is 10.2. The summed E-state index contributed by atoms with van der Waals surface area (Å²) in [6, 6.07) is 11.9. The summed E-state index contributed by atoms with van der Waals surface area (Å²) in [4.78, 5) is 17.8. The second kappa shape index (κ2) is 4.85. The van der Waals surface area contributed by atoms with E-state index in [-0.39, 0.29) is 12.2 Å². The van der Waals surface area contributed by atoms with Gasteiger partial charge < -0.3 is 10.5 Å². The van der Waals surface area contributed by atoms with Crippen molar-refractivity contribution in [2.24, 2.45) is 5.73 Å². The van der Waals surface area contributed by atoms with Crippen LogP contribution in [0.3, 0.4) is 0 Å². The molecule has 0 spiro atoms. The van der Waals surface area contributed by atoms with E-state index < -0.39 is 0 Å². The Balaban J connectivity index is 1.80. The molecule has 1 aromatic carbocycles. The summed E-state index contributed by atoms with van der Waals surface area (Å²) in [6.45, 7) is 1.34. The summed E-state index contributed by atoms with van der Waals surface area (Å²) in [5, 5.41) is 1.09. The fraction of sp³-hybridized carbons (Fsp3) is 0.286. The molecule has 2 N–H and O–H groups in total. The maximum atomic E-state index is 11.6. The van der Waals surface area contributed by atoms with Crippen LogP contribution < -0.4 is 5.73 Å². The predicted octanol–water partition coefficient (Wildman–Crippen LogP) is 1.51. The number of rotatable bonds is 3. The van der Waals surface area contributed by atoms with E-state index in [0.717, 1.165) is 16.6 Å². The molecule has 98 valence electrons. The standard InChI is InChI=1S/C14H15N3O2/c15-7-12-9-17(14(18)19-12)8-11-6-5-10-3-1-2-4-13(10)16-11/h1-6,12H,7-9,15H2. The normalized spacial score (nSPS) is 18.9. The highest BCUT2D eigenvalue weighted by Crippen LogP contribution is 2.16. The van der Waals surface area contributed by atoms with Crippen LogP contribution in [0.4, 0.5) is 4.79 Å². The first-order valence-corrected chi connectivity index (χ1v) is 6.26. The molecule has 2 aromatic rings. The van der Waals surface area contributed by atoms with Gasteiger partial charge in [0.25, 0.3) is 0 Å². The largest absolute Gasteiger partial charge is 0.443 e. The number of para-hydroxylation sites is 1. The number of nitrogens with two attached hydrogens (primary N) is 1. The fourth-order valence-electron chi connectivity index (χ4n) is 2.22. The van der Waals surface area contributed by atoms with Crippen LogP contribution in [-0.2, 0) is 11.3 Å². The Bertz CT molecular complexity index is 614. The van der Waals surface area contributed by atoms with Crippen molar-refractivity contribution < 1.29 is 9.53 Å². The number of hydrogen-bond donors (Lipinski definition) is 1. The number of hydrogen-bond acceptors (Lipinski definition) is 4. The Morgan fingerprint density at radius 3 is 2.95 bits per heavy atom. The molecule has 1 saturated heterocycles. The molecule has 19 heavy (non-hydrogen) atoms. The molecule has 1 aromatic heterocycles. The van der Waals surface area contributed by atoms with Crippen molar-refractivity contribution in [3.05, 3.63) is 42.1 Å². The van der Waals surface area contributed by atoms with E-state index in [1.54, 1.807) is 4.90 Å².